The number of nitrogens with one attached hydrogen (secondary N) is 2. The molecule has 172 valence electrons. The molecule has 3 rings (SSSR count). The second-order valence-electron chi connectivity index (χ2n) is 7.29. The summed E-state index contributed by atoms with van der Waals surface area (Å²) in [7, 11) is 0. The zero-order valence-electron chi connectivity index (χ0n) is 17.5. The van der Waals surface area contributed by atoms with Crippen molar-refractivity contribution in [3.63, 3.8) is 0 Å². The highest BCUT2D eigenvalue weighted by Gasteiger charge is 2.33. The van der Waals surface area contributed by atoms with Crippen LogP contribution in [-0.2, 0) is 6.18 Å². The molecule has 0 saturated carbocycles. The standard InChI is InChI=1S/C23H19ClF3N3O3/c1-13(2)21(31)20-12-17(9-10-28-20)33-16-6-3-14(4-7-16)29-22(32)30-15-5-8-19(24)18(11-15)23(25,26)27/h3-13H,1-2H3,(H2,29,30,32). The zero-order valence-corrected chi connectivity index (χ0v) is 18.3. The Morgan fingerprint density at radius 3 is 2.21 bits per heavy atom. The van der Waals surface area contributed by atoms with E-state index < -0.39 is 22.8 Å². The monoisotopic (exact) mass is 477 g/mol. The number of ketones is 1. The van der Waals surface area contributed by atoms with Crippen molar-refractivity contribution < 1.29 is 27.5 Å². The van der Waals surface area contributed by atoms with Gasteiger partial charge in [-0.1, -0.05) is 25.4 Å². The minimum atomic E-state index is -4.64. The number of alkyl halides is 3. The number of aromatic nitrogens is 1. The molecule has 2 aromatic carbocycles. The average molecular weight is 478 g/mol. The molecule has 3 aromatic rings. The van der Waals surface area contributed by atoms with E-state index in [-0.39, 0.29) is 17.4 Å². The molecular formula is C23H19ClF3N3O3. The summed E-state index contributed by atoms with van der Waals surface area (Å²) < 4.78 is 44.6. The van der Waals surface area contributed by atoms with Gasteiger partial charge in [-0.05, 0) is 48.5 Å². The van der Waals surface area contributed by atoms with Crippen LogP contribution in [0.5, 0.6) is 11.5 Å². The van der Waals surface area contributed by atoms with Crippen molar-refractivity contribution in [3.8, 4) is 11.5 Å². The first-order valence-corrected chi connectivity index (χ1v) is 10.1. The van der Waals surface area contributed by atoms with Gasteiger partial charge in [0.25, 0.3) is 0 Å². The van der Waals surface area contributed by atoms with E-state index in [0.29, 0.717) is 22.9 Å². The van der Waals surface area contributed by atoms with Gasteiger partial charge in [0.15, 0.2) is 5.78 Å². The predicted octanol–water partition coefficient (Wildman–Crippen LogP) is 7.03. The van der Waals surface area contributed by atoms with Crippen molar-refractivity contribution in [1.82, 2.24) is 4.98 Å². The van der Waals surface area contributed by atoms with E-state index in [1.165, 1.54) is 12.3 Å². The smallest absolute Gasteiger partial charge is 0.417 e. The maximum atomic E-state index is 13.0. The number of carbonyl (C=O) groups excluding carboxylic acids is 2. The quantitative estimate of drug-likeness (QED) is 0.373. The van der Waals surface area contributed by atoms with E-state index in [4.69, 9.17) is 16.3 Å². The first kappa shape index (κ1) is 24.1. The molecule has 0 aliphatic heterocycles. The van der Waals surface area contributed by atoms with Crippen molar-refractivity contribution in [3.05, 3.63) is 77.1 Å². The van der Waals surface area contributed by atoms with Crippen LogP contribution in [0.4, 0.5) is 29.3 Å². The van der Waals surface area contributed by atoms with Crippen LogP contribution < -0.4 is 15.4 Å². The number of halogens is 4. The lowest BCUT2D eigenvalue weighted by Gasteiger charge is -2.12. The summed E-state index contributed by atoms with van der Waals surface area (Å²) in [4.78, 5) is 28.3. The molecule has 6 nitrogen and oxygen atoms in total. The molecule has 33 heavy (non-hydrogen) atoms. The Bertz CT molecular complexity index is 1170. The van der Waals surface area contributed by atoms with E-state index in [1.54, 1.807) is 50.2 Å². The summed E-state index contributed by atoms with van der Waals surface area (Å²) in [5.41, 5.74) is -0.421. The molecule has 0 unspecified atom stereocenters. The molecule has 0 saturated heterocycles. The summed E-state index contributed by atoms with van der Waals surface area (Å²) in [6, 6.07) is 11.8. The minimum Gasteiger partial charge on any atom is -0.457 e. The maximum Gasteiger partial charge on any atom is 0.417 e. The number of pyridine rings is 1. The summed E-state index contributed by atoms with van der Waals surface area (Å²) in [6.45, 7) is 3.56. The molecule has 0 radical (unpaired) electrons. The largest absolute Gasteiger partial charge is 0.457 e. The third-order valence-corrected chi connectivity index (χ3v) is 4.72. The van der Waals surface area contributed by atoms with Gasteiger partial charge in [0.1, 0.15) is 17.2 Å². The van der Waals surface area contributed by atoms with Crippen molar-refractivity contribution in [1.29, 1.82) is 0 Å². The van der Waals surface area contributed by atoms with Crippen LogP contribution in [0.2, 0.25) is 5.02 Å². The van der Waals surface area contributed by atoms with Gasteiger partial charge in [0.05, 0.1) is 10.6 Å². The van der Waals surface area contributed by atoms with Crippen molar-refractivity contribution >= 4 is 34.8 Å². The Kier molecular flexibility index (Phi) is 7.23. The SMILES string of the molecule is CC(C)C(=O)c1cc(Oc2ccc(NC(=O)Nc3ccc(Cl)c(C(F)(F)F)c3)cc2)ccn1. The number of hydrogen-bond acceptors (Lipinski definition) is 4. The number of benzene rings is 2. The fourth-order valence-electron chi connectivity index (χ4n) is 2.76. The number of urea groups is 1. The Morgan fingerprint density at radius 1 is 0.939 bits per heavy atom. The second kappa shape index (κ2) is 9.91. The highest BCUT2D eigenvalue weighted by Crippen LogP contribution is 2.36. The number of hydrogen-bond donors (Lipinski definition) is 2. The maximum absolute atomic E-state index is 13.0. The summed E-state index contributed by atoms with van der Waals surface area (Å²) in [6.07, 6.45) is -3.16. The predicted molar refractivity (Wildman–Crippen MR) is 119 cm³/mol. The molecular weight excluding hydrogens is 459 g/mol. The number of nitrogens with zero attached hydrogens (tertiary/aromatic N) is 1. The van der Waals surface area contributed by atoms with Gasteiger partial charge in [-0.2, -0.15) is 13.2 Å². The van der Waals surface area contributed by atoms with Gasteiger partial charge < -0.3 is 15.4 Å². The fraction of sp³-hybridized carbons (Fsp3) is 0.174. The highest BCUT2D eigenvalue weighted by atomic mass is 35.5. The van der Waals surface area contributed by atoms with E-state index in [0.717, 1.165) is 12.1 Å². The number of anilines is 2. The normalized spacial score (nSPS) is 11.2. The topological polar surface area (TPSA) is 80.3 Å². The highest BCUT2D eigenvalue weighted by molar-refractivity contribution is 6.31. The van der Waals surface area contributed by atoms with E-state index >= 15 is 0 Å². The first-order chi connectivity index (χ1) is 15.5. The van der Waals surface area contributed by atoms with E-state index in [9.17, 15) is 22.8 Å². The lowest BCUT2D eigenvalue weighted by Crippen LogP contribution is -2.19. The van der Waals surface area contributed by atoms with Crippen LogP contribution in [0, 0.1) is 5.92 Å². The molecule has 0 fully saturated rings. The lowest BCUT2D eigenvalue weighted by molar-refractivity contribution is -0.137. The van der Waals surface area contributed by atoms with Gasteiger partial charge in [0.2, 0.25) is 0 Å². The van der Waals surface area contributed by atoms with Gasteiger partial charge in [-0.25, -0.2) is 4.79 Å². The average Bonchev–Trinajstić information content (AvgIpc) is 2.75. The summed E-state index contributed by atoms with van der Waals surface area (Å²) in [5, 5.41) is 4.39. The molecule has 0 aliphatic rings. The fourth-order valence-corrected chi connectivity index (χ4v) is 2.99. The number of ether oxygens (including phenoxy) is 1. The van der Waals surface area contributed by atoms with Gasteiger partial charge in [0, 0.05) is 29.6 Å². The summed E-state index contributed by atoms with van der Waals surface area (Å²) >= 11 is 5.58. The number of Topliss-reactive ketones (excluding diaryl/α,β-unsaturated/α-hetero) is 1. The molecule has 2 amide bonds. The Morgan fingerprint density at radius 2 is 1.58 bits per heavy atom. The molecule has 0 atom stereocenters. The first-order valence-electron chi connectivity index (χ1n) is 9.76. The zero-order chi connectivity index (χ0) is 24.2. The number of rotatable bonds is 6. The Labute approximate surface area is 192 Å². The molecule has 1 heterocycles. The van der Waals surface area contributed by atoms with Crippen molar-refractivity contribution in [2.75, 3.05) is 10.6 Å². The van der Waals surface area contributed by atoms with E-state index in [2.05, 4.69) is 15.6 Å². The Hall–Kier alpha value is -3.59. The van der Waals surface area contributed by atoms with Crippen LogP contribution in [0.3, 0.4) is 0 Å². The van der Waals surface area contributed by atoms with Crippen LogP contribution >= 0.6 is 11.6 Å². The van der Waals surface area contributed by atoms with Crippen LogP contribution in [-0.4, -0.2) is 16.8 Å². The van der Waals surface area contributed by atoms with Crippen LogP contribution in [0.25, 0.3) is 0 Å². The van der Waals surface area contributed by atoms with Gasteiger partial charge >= 0.3 is 12.2 Å². The third-order valence-electron chi connectivity index (χ3n) is 4.39. The number of amides is 2. The van der Waals surface area contributed by atoms with Crippen molar-refractivity contribution in [2.24, 2.45) is 5.92 Å². The van der Waals surface area contributed by atoms with Gasteiger partial charge in [-0.15, -0.1) is 0 Å². The second-order valence-corrected chi connectivity index (χ2v) is 7.70. The molecule has 0 aliphatic carbocycles. The van der Waals surface area contributed by atoms with E-state index in [1.807, 2.05) is 0 Å². The van der Waals surface area contributed by atoms with Crippen LogP contribution in [0.15, 0.2) is 60.8 Å². The van der Waals surface area contributed by atoms with Crippen LogP contribution in [0.1, 0.15) is 29.9 Å². The molecule has 2 N–H and O–H groups in total. The Balaban J connectivity index is 1.63. The summed E-state index contributed by atoms with van der Waals surface area (Å²) in [5.74, 6) is 0.574. The van der Waals surface area contributed by atoms with Crippen molar-refractivity contribution in [2.45, 2.75) is 20.0 Å². The third kappa shape index (κ3) is 6.45. The molecule has 10 heteroatoms. The van der Waals surface area contributed by atoms with Gasteiger partial charge in [-0.3, -0.25) is 9.78 Å². The minimum absolute atomic E-state index is 0.0615. The lowest BCUT2D eigenvalue weighted by atomic mass is 10.1. The molecule has 0 bridgehead atoms. The molecule has 1 aromatic heterocycles. The molecule has 0 spiro atoms. The number of carbonyl (C=O) groups is 2.